The quantitative estimate of drug-likeness (QED) is 0.233. The van der Waals surface area contributed by atoms with Crippen molar-refractivity contribution in [2.24, 2.45) is 34.5 Å². The van der Waals surface area contributed by atoms with Gasteiger partial charge in [-0.15, -0.1) is 0 Å². The Hall–Kier alpha value is -3.14. The summed E-state index contributed by atoms with van der Waals surface area (Å²) in [5.74, 6) is 2.35. The van der Waals surface area contributed by atoms with Crippen molar-refractivity contribution in [3.63, 3.8) is 0 Å². The zero-order valence-electron chi connectivity index (χ0n) is 31.1. The average molecular weight is 713 g/mol. The maximum absolute atomic E-state index is 15.0. The lowest BCUT2D eigenvalue weighted by Gasteiger charge is -2.60. The van der Waals surface area contributed by atoms with Crippen LogP contribution in [0.15, 0.2) is 47.3 Å². The van der Waals surface area contributed by atoms with Crippen LogP contribution in [0.4, 0.5) is 4.39 Å². The Morgan fingerprint density at radius 2 is 1.71 bits per heavy atom. The summed E-state index contributed by atoms with van der Waals surface area (Å²) in [4.78, 5) is 29.9. The smallest absolute Gasteiger partial charge is 0.272 e. The maximum atomic E-state index is 15.0. The first-order valence-corrected chi connectivity index (χ1v) is 20.2. The molecule has 2 aromatic carbocycles. The minimum absolute atomic E-state index is 0.0798. The van der Waals surface area contributed by atoms with E-state index in [1.54, 1.807) is 23.1 Å². The Labute approximate surface area is 307 Å². The number of piperazine rings is 1. The zero-order chi connectivity index (χ0) is 36.0. The van der Waals surface area contributed by atoms with Gasteiger partial charge in [0.25, 0.3) is 11.5 Å². The van der Waals surface area contributed by atoms with Crippen molar-refractivity contribution < 1.29 is 19.0 Å². The molecular formula is C43H57FN4O4. The lowest BCUT2D eigenvalue weighted by atomic mass is 9.45. The molecule has 1 amide bonds. The highest BCUT2D eigenvalue weighted by Gasteiger charge is 2.60. The minimum atomic E-state index is -0.516. The van der Waals surface area contributed by atoms with E-state index in [1.807, 2.05) is 18.2 Å². The second-order valence-corrected chi connectivity index (χ2v) is 17.4. The molecule has 3 aromatic rings. The van der Waals surface area contributed by atoms with Crippen molar-refractivity contribution in [3.8, 4) is 0 Å². The van der Waals surface area contributed by atoms with Crippen LogP contribution >= 0.6 is 0 Å². The normalized spacial score (nSPS) is 33.4. The number of aromatic nitrogens is 2. The van der Waals surface area contributed by atoms with Crippen LogP contribution in [0, 0.1) is 40.3 Å². The molecule has 9 heteroatoms. The van der Waals surface area contributed by atoms with Crippen LogP contribution < -0.4 is 5.56 Å². The standard InChI is InChI=1S/C43H57FN4O4/c1-42-17-15-30(49)27-29(42)10-11-33-35-12-14-39(43(35,2)18-16-36(33)42)52-24-6-5-19-47-20-22-48(23-21-47)41(51)34-25-28(9-13-37(34)44)26-38-31-7-3-4-8-32(31)40(50)46-45-38/h3-4,7-9,13,25,29-30,33,35-36,39,49H,5-6,10-12,14-24,26-27H2,1-2H3,(H,46,50)/t29-,30?,33-,35-,36-,39-,42-,43-/m0/s1. The highest BCUT2D eigenvalue weighted by molar-refractivity contribution is 5.95. The van der Waals surface area contributed by atoms with Gasteiger partial charge in [0.2, 0.25) is 0 Å². The molecule has 0 radical (unpaired) electrons. The topological polar surface area (TPSA) is 98.8 Å². The predicted octanol–water partition coefficient (Wildman–Crippen LogP) is 6.98. The third-order valence-corrected chi connectivity index (χ3v) is 14.8. The molecule has 280 valence electrons. The van der Waals surface area contributed by atoms with Crippen LogP contribution in [-0.4, -0.2) is 82.5 Å². The maximum Gasteiger partial charge on any atom is 0.272 e. The van der Waals surface area contributed by atoms with E-state index in [2.05, 4.69) is 28.9 Å². The van der Waals surface area contributed by atoms with Crippen molar-refractivity contribution in [2.75, 3.05) is 39.3 Å². The molecule has 0 spiro atoms. The number of aliphatic hydroxyl groups excluding tert-OH is 1. The highest BCUT2D eigenvalue weighted by atomic mass is 19.1. The number of hydrogen-bond acceptors (Lipinski definition) is 6. The van der Waals surface area contributed by atoms with E-state index in [1.165, 1.54) is 51.0 Å². The Bertz CT molecular complexity index is 1820. The molecule has 1 aliphatic heterocycles. The van der Waals surface area contributed by atoms with E-state index < -0.39 is 5.82 Å². The van der Waals surface area contributed by atoms with Gasteiger partial charge >= 0.3 is 0 Å². The summed E-state index contributed by atoms with van der Waals surface area (Å²) in [5, 5.41) is 18.5. The molecule has 5 aliphatic rings. The lowest BCUT2D eigenvalue weighted by Crippen LogP contribution is -2.54. The van der Waals surface area contributed by atoms with Crippen molar-refractivity contribution in [2.45, 2.75) is 103 Å². The molecule has 2 heterocycles. The molecule has 0 bridgehead atoms. The number of halogens is 1. The van der Waals surface area contributed by atoms with Crippen LogP contribution in [0.2, 0.25) is 0 Å². The number of aliphatic hydroxyl groups is 1. The molecule has 1 aromatic heterocycles. The average Bonchev–Trinajstić information content (AvgIpc) is 3.49. The van der Waals surface area contributed by atoms with Gasteiger partial charge in [0.15, 0.2) is 0 Å². The number of nitrogens with zero attached hydrogens (tertiary/aromatic N) is 3. The Balaban J connectivity index is 0.785. The fraction of sp³-hybridized carbons (Fsp3) is 0.651. The number of carbonyl (C=O) groups is 1. The molecule has 8 atom stereocenters. The van der Waals surface area contributed by atoms with Gasteiger partial charge in [-0.2, -0.15) is 5.10 Å². The number of aromatic amines is 1. The first-order valence-electron chi connectivity index (χ1n) is 20.2. The van der Waals surface area contributed by atoms with Gasteiger partial charge in [0.05, 0.1) is 28.9 Å². The number of hydrogen-bond donors (Lipinski definition) is 2. The summed E-state index contributed by atoms with van der Waals surface area (Å²) in [5.41, 5.74) is 2.01. The monoisotopic (exact) mass is 712 g/mol. The molecule has 8 nitrogen and oxygen atoms in total. The van der Waals surface area contributed by atoms with Crippen LogP contribution in [0.25, 0.3) is 10.8 Å². The molecule has 8 rings (SSSR count). The number of ether oxygens (including phenoxy) is 1. The molecule has 2 N–H and O–H groups in total. The first kappa shape index (κ1) is 35.9. The third kappa shape index (κ3) is 6.64. The van der Waals surface area contributed by atoms with Gasteiger partial charge in [-0.3, -0.25) is 14.5 Å². The van der Waals surface area contributed by atoms with Crippen LogP contribution in [0.1, 0.15) is 106 Å². The number of carbonyl (C=O) groups excluding carboxylic acids is 1. The lowest BCUT2D eigenvalue weighted by molar-refractivity contribution is -0.141. The fourth-order valence-electron chi connectivity index (χ4n) is 11.8. The van der Waals surface area contributed by atoms with Crippen LogP contribution in [-0.2, 0) is 11.2 Å². The fourth-order valence-corrected chi connectivity index (χ4v) is 11.8. The second kappa shape index (κ2) is 14.6. The van der Waals surface area contributed by atoms with E-state index in [-0.39, 0.29) is 23.1 Å². The molecule has 1 unspecified atom stereocenters. The van der Waals surface area contributed by atoms with Gasteiger partial charge in [0, 0.05) is 44.6 Å². The number of H-pyrrole nitrogens is 1. The van der Waals surface area contributed by atoms with E-state index in [0.29, 0.717) is 53.4 Å². The largest absolute Gasteiger partial charge is 0.393 e. The van der Waals surface area contributed by atoms with E-state index in [9.17, 15) is 19.1 Å². The summed E-state index contributed by atoms with van der Waals surface area (Å²) >= 11 is 0. The van der Waals surface area contributed by atoms with E-state index in [4.69, 9.17) is 4.74 Å². The molecular weight excluding hydrogens is 655 g/mol. The minimum Gasteiger partial charge on any atom is -0.393 e. The van der Waals surface area contributed by atoms with E-state index in [0.717, 1.165) is 80.6 Å². The van der Waals surface area contributed by atoms with Gasteiger partial charge in [-0.05, 0) is 135 Å². The third-order valence-electron chi connectivity index (χ3n) is 14.8. The van der Waals surface area contributed by atoms with Crippen molar-refractivity contribution >= 4 is 16.7 Å². The van der Waals surface area contributed by atoms with Gasteiger partial charge < -0.3 is 14.7 Å². The Morgan fingerprint density at radius 1 is 0.942 bits per heavy atom. The highest BCUT2D eigenvalue weighted by Crippen LogP contribution is 2.66. The number of nitrogens with one attached hydrogen (secondary N) is 1. The zero-order valence-corrected chi connectivity index (χ0v) is 31.1. The number of unbranched alkanes of at least 4 members (excludes halogenated alkanes) is 1. The van der Waals surface area contributed by atoms with Crippen molar-refractivity contribution in [1.29, 1.82) is 0 Å². The second-order valence-electron chi connectivity index (χ2n) is 17.4. The van der Waals surface area contributed by atoms with E-state index >= 15 is 0 Å². The predicted molar refractivity (Wildman–Crippen MR) is 201 cm³/mol. The van der Waals surface area contributed by atoms with Crippen molar-refractivity contribution in [3.05, 3.63) is 75.5 Å². The molecule has 1 saturated heterocycles. The van der Waals surface area contributed by atoms with Crippen LogP contribution in [0.5, 0.6) is 0 Å². The number of amides is 1. The van der Waals surface area contributed by atoms with Gasteiger partial charge in [0.1, 0.15) is 5.82 Å². The van der Waals surface area contributed by atoms with Crippen molar-refractivity contribution in [1.82, 2.24) is 20.0 Å². The summed E-state index contributed by atoms with van der Waals surface area (Å²) in [6, 6.07) is 12.0. The summed E-state index contributed by atoms with van der Waals surface area (Å²) in [6.45, 7) is 9.63. The summed E-state index contributed by atoms with van der Waals surface area (Å²) in [7, 11) is 0. The molecule has 52 heavy (non-hydrogen) atoms. The van der Waals surface area contributed by atoms with Gasteiger partial charge in [-0.1, -0.05) is 38.1 Å². The molecule has 5 fully saturated rings. The molecule has 4 aliphatic carbocycles. The van der Waals surface area contributed by atoms with Gasteiger partial charge in [-0.25, -0.2) is 9.49 Å². The Kier molecular flexibility index (Phi) is 10.1. The number of fused-ring (bicyclic) bond motifs is 6. The Morgan fingerprint density at radius 3 is 2.54 bits per heavy atom. The first-order chi connectivity index (χ1) is 25.1. The SMILES string of the molecule is C[C@]12CCC(O)C[C@@H]1CC[C@@H]1[C@@H]2CC[C@]2(C)[C@@H](OCCCCN3CCN(C(=O)c4cc(Cc5n[nH]c(=O)c6ccccc56)ccc4F)CC3)CC[C@@H]12. The van der Waals surface area contributed by atoms with Crippen LogP contribution in [0.3, 0.4) is 0 Å². The number of rotatable bonds is 9. The summed E-state index contributed by atoms with van der Waals surface area (Å²) < 4.78 is 21.7. The number of benzene rings is 2. The summed E-state index contributed by atoms with van der Waals surface area (Å²) in [6.07, 6.45) is 13.8. The molecule has 4 saturated carbocycles.